The van der Waals surface area contributed by atoms with Gasteiger partial charge < -0.3 is 10.4 Å². The van der Waals surface area contributed by atoms with Crippen LogP contribution in [0, 0.1) is 0 Å². The summed E-state index contributed by atoms with van der Waals surface area (Å²) in [6.07, 6.45) is 1.12. The summed E-state index contributed by atoms with van der Waals surface area (Å²) in [4.78, 5) is 14.9. The van der Waals surface area contributed by atoms with Crippen LogP contribution in [0.4, 0.5) is 0 Å². The Morgan fingerprint density at radius 1 is 1.25 bits per heavy atom. The van der Waals surface area contributed by atoms with Gasteiger partial charge in [-0.1, -0.05) is 30.3 Å². The predicted octanol–water partition coefficient (Wildman–Crippen LogP) is 2.21. The van der Waals surface area contributed by atoms with Crippen LogP contribution in [0.25, 0.3) is 0 Å². The molecule has 0 bridgehead atoms. The molecule has 3 rings (SSSR count). The van der Waals surface area contributed by atoms with Crippen molar-refractivity contribution >= 4 is 5.97 Å². The molecule has 1 atom stereocenters. The standard InChI is InChI=1S/C16H16N2O2/c19-16(20)15-7-3-5-13(18-15)10-17-9-12-8-11-4-1-2-6-14(11)12/h1-7,12,17H,8-10H2,(H,19,20). The Morgan fingerprint density at radius 2 is 2.10 bits per heavy atom. The van der Waals surface area contributed by atoms with Crippen LogP contribution < -0.4 is 5.32 Å². The maximum atomic E-state index is 10.8. The number of carboxylic acid groups (broad SMARTS) is 1. The first-order valence-electron chi connectivity index (χ1n) is 6.72. The number of aromatic carboxylic acids is 1. The third kappa shape index (κ3) is 2.56. The quantitative estimate of drug-likeness (QED) is 0.872. The normalized spacial score (nSPS) is 16.3. The molecule has 1 aromatic heterocycles. The third-order valence-electron chi connectivity index (χ3n) is 3.68. The molecule has 0 amide bonds. The number of carbonyl (C=O) groups is 1. The van der Waals surface area contributed by atoms with E-state index in [1.54, 1.807) is 6.07 Å². The monoisotopic (exact) mass is 268 g/mol. The Labute approximate surface area is 117 Å². The highest BCUT2D eigenvalue weighted by atomic mass is 16.4. The van der Waals surface area contributed by atoms with Gasteiger partial charge in [0.15, 0.2) is 0 Å². The molecular formula is C16H16N2O2. The van der Waals surface area contributed by atoms with Crippen LogP contribution in [0.5, 0.6) is 0 Å². The Bertz CT molecular complexity index is 640. The van der Waals surface area contributed by atoms with Crippen LogP contribution in [0.3, 0.4) is 0 Å². The molecule has 1 aromatic carbocycles. The zero-order chi connectivity index (χ0) is 13.9. The molecule has 1 aliphatic carbocycles. The Kier molecular flexibility index (Phi) is 3.48. The number of aromatic nitrogens is 1. The summed E-state index contributed by atoms with van der Waals surface area (Å²) in [6, 6.07) is 13.6. The van der Waals surface area contributed by atoms with Crippen molar-refractivity contribution < 1.29 is 9.90 Å². The molecule has 2 aromatic rings. The number of fused-ring (bicyclic) bond motifs is 1. The summed E-state index contributed by atoms with van der Waals surface area (Å²) < 4.78 is 0. The summed E-state index contributed by atoms with van der Waals surface area (Å²) in [6.45, 7) is 1.50. The number of nitrogens with one attached hydrogen (secondary N) is 1. The van der Waals surface area contributed by atoms with Crippen LogP contribution in [-0.4, -0.2) is 22.6 Å². The van der Waals surface area contributed by atoms with Gasteiger partial charge in [-0.15, -0.1) is 0 Å². The van der Waals surface area contributed by atoms with E-state index in [9.17, 15) is 4.79 Å². The summed E-state index contributed by atoms with van der Waals surface area (Å²) in [5, 5.41) is 12.3. The van der Waals surface area contributed by atoms with Gasteiger partial charge in [0.05, 0.1) is 5.69 Å². The second kappa shape index (κ2) is 5.43. The zero-order valence-corrected chi connectivity index (χ0v) is 11.0. The molecule has 0 saturated heterocycles. The number of pyridine rings is 1. The van der Waals surface area contributed by atoms with E-state index in [-0.39, 0.29) is 5.69 Å². The van der Waals surface area contributed by atoms with E-state index < -0.39 is 5.97 Å². The smallest absolute Gasteiger partial charge is 0.354 e. The van der Waals surface area contributed by atoms with Crippen molar-refractivity contribution in [3.05, 3.63) is 65.0 Å². The zero-order valence-electron chi connectivity index (χ0n) is 11.0. The van der Waals surface area contributed by atoms with Gasteiger partial charge in [-0.3, -0.25) is 0 Å². The van der Waals surface area contributed by atoms with E-state index >= 15 is 0 Å². The second-order valence-electron chi connectivity index (χ2n) is 5.05. The van der Waals surface area contributed by atoms with E-state index in [1.165, 1.54) is 17.2 Å². The van der Waals surface area contributed by atoms with E-state index in [0.29, 0.717) is 12.5 Å². The van der Waals surface area contributed by atoms with E-state index in [0.717, 1.165) is 18.7 Å². The van der Waals surface area contributed by atoms with Crippen LogP contribution in [0.1, 0.15) is 33.2 Å². The van der Waals surface area contributed by atoms with Gasteiger partial charge in [-0.2, -0.15) is 0 Å². The van der Waals surface area contributed by atoms with Gasteiger partial charge in [0, 0.05) is 19.0 Å². The number of carboxylic acids is 1. The minimum atomic E-state index is -0.986. The molecule has 102 valence electrons. The van der Waals surface area contributed by atoms with Gasteiger partial charge in [-0.05, 0) is 29.7 Å². The third-order valence-corrected chi connectivity index (χ3v) is 3.68. The fraction of sp³-hybridized carbons (Fsp3) is 0.250. The number of benzene rings is 1. The molecule has 20 heavy (non-hydrogen) atoms. The van der Waals surface area contributed by atoms with Gasteiger partial charge in [0.2, 0.25) is 0 Å². The Hall–Kier alpha value is -2.20. The summed E-state index contributed by atoms with van der Waals surface area (Å²) in [5.74, 6) is -0.423. The topological polar surface area (TPSA) is 62.2 Å². The minimum Gasteiger partial charge on any atom is -0.477 e. The highest BCUT2D eigenvalue weighted by Gasteiger charge is 2.24. The summed E-state index contributed by atoms with van der Waals surface area (Å²) in [5.41, 5.74) is 3.72. The van der Waals surface area contributed by atoms with Crippen LogP contribution in [0.2, 0.25) is 0 Å². The average Bonchev–Trinajstić information content (AvgIpc) is 2.44. The van der Waals surface area contributed by atoms with Crippen molar-refractivity contribution in [3.63, 3.8) is 0 Å². The lowest BCUT2D eigenvalue weighted by atomic mass is 9.77. The second-order valence-corrected chi connectivity index (χ2v) is 5.05. The number of nitrogens with zero attached hydrogens (tertiary/aromatic N) is 1. The van der Waals surface area contributed by atoms with Crippen LogP contribution >= 0.6 is 0 Å². The Balaban J connectivity index is 1.54. The largest absolute Gasteiger partial charge is 0.477 e. The molecule has 0 aliphatic heterocycles. The van der Waals surface area contributed by atoms with Crippen molar-refractivity contribution in [1.82, 2.24) is 10.3 Å². The number of rotatable bonds is 5. The summed E-state index contributed by atoms with van der Waals surface area (Å²) >= 11 is 0. The lowest BCUT2D eigenvalue weighted by Gasteiger charge is -2.30. The van der Waals surface area contributed by atoms with Crippen molar-refractivity contribution in [2.75, 3.05) is 6.54 Å². The summed E-state index contributed by atoms with van der Waals surface area (Å²) in [7, 11) is 0. The predicted molar refractivity (Wildman–Crippen MR) is 75.8 cm³/mol. The first-order valence-corrected chi connectivity index (χ1v) is 6.72. The molecule has 2 N–H and O–H groups in total. The molecule has 0 radical (unpaired) electrons. The van der Waals surface area contributed by atoms with Crippen LogP contribution in [-0.2, 0) is 13.0 Å². The molecular weight excluding hydrogens is 252 g/mol. The molecule has 4 heteroatoms. The van der Waals surface area contributed by atoms with E-state index in [1.807, 2.05) is 6.07 Å². The lowest BCUT2D eigenvalue weighted by Crippen LogP contribution is -2.29. The number of hydrogen-bond acceptors (Lipinski definition) is 3. The van der Waals surface area contributed by atoms with E-state index in [4.69, 9.17) is 5.11 Å². The molecule has 0 spiro atoms. The fourth-order valence-corrected chi connectivity index (χ4v) is 2.62. The SMILES string of the molecule is O=C(O)c1cccc(CNCC2Cc3ccccc32)n1. The average molecular weight is 268 g/mol. The lowest BCUT2D eigenvalue weighted by molar-refractivity contribution is 0.0690. The van der Waals surface area contributed by atoms with E-state index in [2.05, 4.69) is 34.6 Å². The maximum Gasteiger partial charge on any atom is 0.354 e. The van der Waals surface area contributed by atoms with Crippen molar-refractivity contribution in [3.8, 4) is 0 Å². The molecule has 4 nitrogen and oxygen atoms in total. The molecule has 0 fully saturated rings. The highest BCUT2D eigenvalue weighted by Crippen LogP contribution is 2.33. The van der Waals surface area contributed by atoms with Crippen molar-refractivity contribution in [2.45, 2.75) is 18.9 Å². The van der Waals surface area contributed by atoms with Gasteiger partial charge in [0.25, 0.3) is 0 Å². The molecule has 0 saturated carbocycles. The minimum absolute atomic E-state index is 0.0956. The van der Waals surface area contributed by atoms with Crippen molar-refractivity contribution in [2.24, 2.45) is 0 Å². The van der Waals surface area contributed by atoms with Crippen molar-refractivity contribution in [1.29, 1.82) is 0 Å². The van der Waals surface area contributed by atoms with Gasteiger partial charge >= 0.3 is 5.97 Å². The Morgan fingerprint density at radius 3 is 2.90 bits per heavy atom. The first kappa shape index (κ1) is 12.8. The molecule has 1 unspecified atom stereocenters. The number of hydrogen-bond donors (Lipinski definition) is 2. The highest BCUT2D eigenvalue weighted by molar-refractivity contribution is 5.85. The maximum absolute atomic E-state index is 10.8. The first-order chi connectivity index (χ1) is 9.74. The molecule has 1 aliphatic rings. The van der Waals surface area contributed by atoms with Gasteiger partial charge in [0.1, 0.15) is 5.69 Å². The fourth-order valence-electron chi connectivity index (χ4n) is 2.62. The van der Waals surface area contributed by atoms with Crippen LogP contribution in [0.15, 0.2) is 42.5 Å². The molecule has 1 heterocycles. The van der Waals surface area contributed by atoms with Gasteiger partial charge in [-0.25, -0.2) is 9.78 Å².